The van der Waals surface area contributed by atoms with Gasteiger partial charge in [-0.3, -0.25) is 4.90 Å². The van der Waals surface area contributed by atoms with Gasteiger partial charge in [0.15, 0.2) is 12.3 Å². The predicted octanol–water partition coefficient (Wildman–Crippen LogP) is 1.15. The molecular formula is C6H13NOP+. The summed E-state index contributed by atoms with van der Waals surface area (Å²) in [5, 5.41) is 0. The minimum atomic E-state index is -0.849. The van der Waals surface area contributed by atoms with Gasteiger partial charge in [-0.25, -0.2) is 0 Å². The fraction of sp³-hybridized carbons (Fsp3) is 1.00. The van der Waals surface area contributed by atoms with Gasteiger partial charge in [0.25, 0.3) is 0 Å². The van der Waals surface area contributed by atoms with Gasteiger partial charge in [0.2, 0.25) is 0 Å². The largest absolute Gasteiger partial charge is 0.341 e. The fourth-order valence-electron chi connectivity index (χ4n) is 1.02. The van der Waals surface area contributed by atoms with E-state index in [9.17, 15) is 4.57 Å². The molecule has 0 N–H and O–H groups in total. The molecule has 0 saturated carbocycles. The van der Waals surface area contributed by atoms with Crippen LogP contribution in [0.25, 0.3) is 0 Å². The minimum Gasteiger partial charge on any atom is -0.295 e. The lowest BCUT2D eigenvalue weighted by atomic mass is 10.3. The van der Waals surface area contributed by atoms with E-state index in [4.69, 9.17) is 0 Å². The Labute approximate surface area is 57.0 Å². The third kappa shape index (κ3) is 1.74. The van der Waals surface area contributed by atoms with Crippen LogP contribution in [0.3, 0.4) is 0 Å². The van der Waals surface area contributed by atoms with Gasteiger partial charge in [-0.15, -0.1) is 0 Å². The highest BCUT2D eigenvalue weighted by Gasteiger charge is 2.28. The lowest BCUT2D eigenvalue weighted by Crippen LogP contribution is -2.36. The zero-order chi connectivity index (χ0) is 6.85. The number of hydrogen-bond acceptors (Lipinski definition) is 2. The van der Waals surface area contributed by atoms with Crippen molar-refractivity contribution < 1.29 is 4.57 Å². The van der Waals surface area contributed by atoms with Crippen LogP contribution in [0, 0.1) is 0 Å². The second-order valence-corrected chi connectivity index (χ2v) is 4.49. The average Bonchev–Trinajstić information content (AvgIpc) is 1.80. The molecule has 1 fully saturated rings. The molecule has 0 bridgehead atoms. The summed E-state index contributed by atoms with van der Waals surface area (Å²) in [7, 11) is 1.24. The van der Waals surface area contributed by atoms with Gasteiger partial charge in [-0.1, -0.05) is 4.57 Å². The minimum absolute atomic E-state index is 0.530. The Morgan fingerprint density at radius 1 is 1.67 bits per heavy atom. The van der Waals surface area contributed by atoms with E-state index in [0.29, 0.717) is 6.04 Å². The van der Waals surface area contributed by atoms with E-state index in [2.05, 4.69) is 18.9 Å². The molecule has 0 spiro atoms. The van der Waals surface area contributed by atoms with Crippen LogP contribution in [0.2, 0.25) is 0 Å². The molecule has 0 aliphatic carbocycles. The summed E-state index contributed by atoms with van der Waals surface area (Å²) in [5.41, 5.74) is 0. The van der Waals surface area contributed by atoms with Crippen LogP contribution in [0.4, 0.5) is 0 Å². The second-order valence-electron chi connectivity index (χ2n) is 2.72. The van der Waals surface area contributed by atoms with Crippen molar-refractivity contribution >= 4 is 7.80 Å². The molecule has 1 rings (SSSR count). The first-order valence-electron chi connectivity index (χ1n) is 3.32. The lowest BCUT2D eigenvalue weighted by molar-refractivity contribution is 0.281. The third-order valence-corrected chi connectivity index (χ3v) is 3.56. The zero-order valence-electron chi connectivity index (χ0n) is 6.00. The van der Waals surface area contributed by atoms with Crippen molar-refractivity contribution in [3.8, 4) is 0 Å². The van der Waals surface area contributed by atoms with Crippen molar-refractivity contribution in [1.29, 1.82) is 0 Å². The molecule has 0 aromatic heterocycles. The zero-order valence-corrected chi connectivity index (χ0v) is 6.90. The number of hydrogen-bond donors (Lipinski definition) is 0. The smallest absolute Gasteiger partial charge is 0.295 e. The topological polar surface area (TPSA) is 20.3 Å². The molecule has 1 aliphatic rings. The highest BCUT2D eigenvalue weighted by molar-refractivity contribution is 7.44. The predicted molar refractivity (Wildman–Crippen MR) is 39.4 cm³/mol. The van der Waals surface area contributed by atoms with Gasteiger partial charge in [-0.2, -0.15) is 0 Å². The lowest BCUT2D eigenvalue weighted by Gasteiger charge is -2.22. The van der Waals surface area contributed by atoms with E-state index in [0.717, 1.165) is 18.9 Å². The Bertz CT molecular complexity index is 126. The third-order valence-electron chi connectivity index (χ3n) is 1.92. The summed E-state index contributed by atoms with van der Waals surface area (Å²) in [6.07, 6.45) is 1.79. The molecule has 52 valence electrons. The number of nitrogens with zero attached hydrogens (tertiary/aromatic N) is 1. The summed E-state index contributed by atoms with van der Waals surface area (Å²) in [4.78, 5) is 2.26. The van der Waals surface area contributed by atoms with Crippen molar-refractivity contribution in [2.45, 2.75) is 13.0 Å². The molecule has 9 heavy (non-hydrogen) atoms. The highest BCUT2D eigenvalue weighted by Crippen LogP contribution is 2.26. The molecule has 2 atom stereocenters. The second kappa shape index (κ2) is 2.76. The van der Waals surface area contributed by atoms with E-state index < -0.39 is 7.80 Å². The Balaban J connectivity index is 2.44. The Morgan fingerprint density at radius 2 is 2.33 bits per heavy atom. The number of rotatable bonds is 0. The van der Waals surface area contributed by atoms with Gasteiger partial charge in [-0.05, 0) is 14.0 Å². The van der Waals surface area contributed by atoms with Crippen LogP contribution in [0.5, 0.6) is 0 Å². The molecular weight excluding hydrogens is 133 g/mol. The van der Waals surface area contributed by atoms with Crippen LogP contribution < -0.4 is 0 Å². The Kier molecular flexibility index (Phi) is 2.20. The molecule has 3 heteroatoms. The summed E-state index contributed by atoms with van der Waals surface area (Å²) in [6.45, 7) is 3.14. The molecule has 1 heterocycles. The maximum absolute atomic E-state index is 10.9. The maximum atomic E-state index is 10.9. The average molecular weight is 146 g/mol. The SMILES string of the molecule is CC1C[P+](=O)CCN1C. The molecule has 0 radical (unpaired) electrons. The van der Waals surface area contributed by atoms with Crippen molar-refractivity contribution in [3.05, 3.63) is 0 Å². The first-order valence-corrected chi connectivity index (χ1v) is 4.95. The molecule has 1 saturated heterocycles. The van der Waals surface area contributed by atoms with Crippen molar-refractivity contribution in [2.75, 3.05) is 25.9 Å². The van der Waals surface area contributed by atoms with Gasteiger partial charge >= 0.3 is 7.80 Å². The van der Waals surface area contributed by atoms with Crippen molar-refractivity contribution in [3.63, 3.8) is 0 Å². The van der Waals surface area contributed by atoms with Crippen molar-refractivity contribution in [1.82, 2.24) is 4.90 Å². The monoisotopic (exact) mass is 146 g/mol. The molecule has 2 nitrogen and oxygen atoms in total. The highest BCUT2D eigenvalue weighted by atomic mass is 31.1. The molecule has 1 aliphatic heterocycles. The van der Waals surface area contributed by atoms with Crippen LogP contribution in [0.1, 0.15) is 6.92 Å². The molecule has 0 amide bonds. The van der Waals surface area contributed by atoms with Gasteiger partial charge in [0.1, 0.15) is 0 Å². The van der Waals surface area contributed by atoms with Crippen LogP contribution in [-0.4, -0.2) is 36.9 Å². The molecule has 0 aromatic carbocycles. The van der Waals surface area contributed by atoms with Crippen LogP contribution >= 0.6 is 7.80 Å². The van der Waals surface area contributed by atoms with E-state index in [-0.39, 0.29) is 0 Å². The van der Waals surface area contributed by atoms with E-state index in [1.807, 2.05) is 0 Å². The fourth-order valence-corrected chi connectivity index (χ4v) is 2.60. The Morgan fingerprint density at radius 3 is 2.78 bits per heavy atom. The summed E-state index contributed by atoms with van der Waals surface area (Å²) in [6, 6.07) is 0.530. The summed E-state index contributed by atoms with van der Waals surface area (Å²) >= 11 is 0. The first kappa shape index (κ1) is 7.17. The first-order chi connectivity index (χ1) is 4.20. The van der Waals surface area contributed by atoms with Crippen molar-refractivity contribution in [2.24, 2.45) is 0 Å². The summed E-state index contributed by atoms with van der Waals surface area (Å²) in [5.74, 6) is 0. The standard InChI is InChI=1S/C6H13NOP/c1-6-5-9(8)4-3-7(6)2/h6H,3-5H2,1-2H3/q+1. The van der Waals surface area contributed by atoms with E-state index in [1.165, 1.54) is 0 Å². The van der Waals surface area contributed by atoms with Crippen LogP contribution in [0.15, 0.2) is 0 Å². The maximum Gasteiger partial charge on any atom is 0.341 e. The quantitative estimate of drug-likeness (QED) is 0.478. The Hall–Kier alpha value is 0.0600. The molecule has 0 aromatic rings. The van der Waals surface area contributed by atoms with E-state index in [1.54, 1.807) is 0 Å². The van der Waals surface area contributed by atoms with Gasteiger partial charge < -0.3 is 0 Å². The van der Waals surface area contributed by atoms with E-state index >= 15 is 0 Å². The summed E-state index contributed by atoms with van der Waals surface area (Å²) < 4.78 is 10.9. The normalized spacial score (nSPS) is 34.9. The molecule has 2 unspecified atom stereocenters. The van der Waals surface area contributed by atoms with Gasteiger partial charge in [0.05, 0.1) is 6.04 Å². The van der Waals surface area contributed by atoms with Gasteiger partial charge in [0, 0.05) is 6.54 Å². The van der Waals surface area contributed by atoms with Crippen LogP contribution in [-0.2, 0) is 4.57 Å².